The molecule has 2 N–H and O–H groups in total. The molecule has 19 heavy (non-hydrogen) atoms. The summed E-state index contributed by atoms with van der Waals surface area (Å²) in [7, 11) is 1.69. The zero-order valence-corrected chi connectivity index (χ0v) is 11.5. The molecular formula is C14H21N3O2. The smallest absolute Gasteiger partial charge is 0.192 e. The quantitative estimate of drug-likeness (QED) is 0.843. The maximum Gasteiger partial charge on any atom is 0.192 e. The van der Waals surface area contributed by atoms with Gasteiger partial charge in [-0.2, -0.15) is 0 Å². The van der Waals surface area contributed by atoms with E-state index in [1.54, 1.807) is 7.11 Å². The summed E-state index contributed by atoms with van der Waals surface area (Å²) in [6, 6.07) is 8.19. The fraction of sp³-hybridized carbons (Fsp3) is 0.500. The van der Waals surface area contributed by atoms with Crippen molar-refractivity contribution in [1.29, 1.82) is 0 Å². The fourth-order valence-electron chi connectivity index (χ4n) is 2.30. The Morgan fingerprint density at radius 3 is 2.95 bits per heavy atom. The normalized spacial score (nSPS) is 18.5. The highest BCUT2D eigenvalue weighted by molar-refractivity contribution is 5.80. The molecule has 0 saturated heterocycles. The Kier molecular flexibility index (Phi) is 4.63. The molecule has 1 unspecified atom stereocenters. The van der Waals surface area contributed by atoms with Crippen LogP contribution in [0.3, 0.4) is 0 Å². The standard InChI is InChI=1S/C14H21N3O2/c1-3-19-13-7-5-4-6-11(13)12-10-16-14(15)17(12)8-9-18-2/h4-7,12H,3,8-10H2,1-2H3,(H2,15,16). The molecule has 1 aliphatic rings. The van der Waals surface area contributed by atoms with Crippen molar-refractivity contribution in [3.63, 3.8) is 0 Å². The molecule has 0 bridgehead atoms. The minimum absolute atomic E-state index is 0.137. The molecule has 1 aromatic rings. The molecule has 1 aromatic carbocycles. The van der Waals surface area contributed by atoms with Crippen LogP contribution >= 0.6 is 0 Å². The van der Waals surface area contributed by atoms with E-state index < -0.39 is 0 Å². The van der Waals surface area contributed by atoms with Gasteiger partial charge in [-0.1, -0.05) is 18.2 Å². The van der Waals surface area contributed by atoms with E-state index in [2.05, 4.69) is 16.0 Å². The molecule has 104 valence electrons. The largest absolute Gasteiger partial charge is 0.494 e. The second-order valence-corrected chi connectivity index (χ2v) is 4.37. The first kappa shape index (κ1) is 13.7. The van der Waals surface area contributed by atoms with Gasteiger partial charge in [-0.3, -0.25) is 4.99 Å². The van der Waals surface area contributed by atoms with E-state index in [1.807, 2.05) is 25.1 Å². The molecular weight excluding hydrogens is 242 g/mol. The van der Waals surface area contributed by atoms with Crippen LogP contribution in [0.1, 0.15) is 18.5 Å². The molecule has 0 saturated carbocycles. The predicted molar refractivity (Wildman–Crippen MR) is 75.4 cm³/mol. The van der Waals surface area contributed by atoms with Crippen LogP contribution in [0.25, 0.3) is 0 Å². The lowest BCUT2D eigenvalue weighted by molar-refractivity contribution is 0.165. The van der Waals surface area contributed by atoms with E-state index in [0.29, 0.717) is 25.7 Å². The number of nitrogens with two attached hydrogens (primary N) is 1. The van der Waals surface area contributed by atoms with E-state index in [9.17, 15) is 0 Å². The number of hydrogen-bond donors (Lipinski definition) is 1. The summed E-state index contributed by atoms with van der Waals surface area (Å²) >= 11 is 0. The van der Waals surface area contributed by atoms with Gasteiger partial charge >= 0.3 is 0 Å². The maximum atomic E-state index is 5.95. The SMILES string of the molecule is CCOc1ccccc1C1CN=C(N)N1CCOC. The van der Waals surface area contributed by atoms with E-state index >= 15 is 0 Å². The number of rotatable bonds is 6. The van der Waals surface area contributed by atoms with Gasteiger partial charge in [0, 0.05) is 19.2 Å². The first-order chi connectivity index (χ1) is 9.27. The van der Waals surface area contributed by atoms with Gasteiger partial charge in [0.2, 0.25) is 0 Å². The maximum absolute atomic E-state index is 5.95. The molecule has 1 heterocycles. The number of methoxy groups -OCH3 is 1. The van der Waals surface area contributed by atoms with Gasteiger partial charge < -0.3 is 20.1 Å². The Bertz CT molecular complexity index is 448. The highest BCUT2D eigenvalue weighted by Crippen LogP contribution is 2.32. The van der Waals surface area contributed by atoms with Gasteiger partial charge in [-0.15, -0.1) is 0 Å². The Morgan fingerprint density at radius 2 is 2.21 bits per heavy atom. The summed E-state index contributed by atoms with van der Waals surface area (Å²) in [5.74, 6) is 1.48. The Labute approximate surface area is 114 Å². The average molecular weight is 263 g/mol. The first-order valence-electron chi connectivity index (χ1n) is 6.55. The molecule has 1 atom stereocenters. The van der Waals surface area contributed by atoms with Crippen LogP contribution in [0.4, 0.5) is 0 Å². The molecule has 1 aliphatic heterocycles. The van der Waals surface area contributed by atoms with Crippen molar-refractivity contribution in [2.24, 2.45) is 10.7 Å². The molecule has 2 rings (SSSR count). The van der Waals surface area contributed by atoms with Crippen molar-refractivity contribution in [3.05, 3.63) is 29.8 Å². The highest BCUT2D eigenvalue weighted by Gasteiger charge is 2.29. The summed E-state index contributed by atoms with van der Waals surface area (Å²) in [4.78, 5) is 6.41. The average Bonchev–Trinajstić information content (AvgIpc) is 2.79. The zero-order chi connectivity index (χ0) is 13.7. The van der Waals surface area contributed by atoms with Gasteiger partial charge in [0.15, 0.2) is 5.96 Å². The second-order valence-electron chi connectivity index (χ2n) is 4.37. The topological polar surface area (TPSA) is 60.1 Å². The van der Waals surface area contributed by atoms with Crippen LogP contribution < -0.4 is 10.5 Å². The van der Waals surface area contributed by atoms with Crippen molar-refractivity contribution in [2.45, 2.75) is 13.0 Å². The van der Waals surface area contributed by atoms with Gasteiger partial charge in [0.05, 0.1) is 25.8 Å². The Morgan fingerprint density at radius 1 is 1.42 bits per heavy atom. The van der Waals surface area contributed by atoms with Crippen molar-refractivity contribution < 1.29 is 9.47 Å². The minimum atomic E-state index is 0.137. The van der Waals surface area contributed by atoms with E-state index in [0.717, 1.165) is 17.9 Å². The number of hydrogen-bond acceptors (Lipinski definition) is 5. The van der Waals surface area contributed by atoms with Crippen LogP contribution in [-0.2, 0) is 4.74 Å². The number of para-hydroxylation sites is 1. The first-order valence-corrected chi connectivity index (χ1v) is 6.55. The van der Waals surface area contributed by atoms with Crippen LogP contribution in [0.2, 0.25) is 0 Å². The molecule has 0 aromatic heterocycles. The summed E-state index contributed by atoms with van der Waals surface area (Å²) in [6.07, 6.45) is 0. The number of benzene rings is 1. The fourth-order valence-corrected chi connectivity index (χ4v) is 2.30. The van der Waals surface area contributed by atoms with Gasteiger partial charge in [-0.05, 0) is 13.0 Å². The summed E-state index contributed by atoms with van der Waals surface area (Å²) in [6.45, 7) is 4.66. The van der Waals surface area contributed by atoms with E-state index in [4.69, 9.17) is 15.2 Å². The van der Waals surface area contributed by atoms with Gasteiger partial charge in [-0.25, -0.2) is 0 Å². The second kappa shape index (κ2) is 6.43. The Balaban J connectivity index is 2.20. The number of aliphatic imine (C=N–C) groups is 1. The molecule has 0 aliphatic carbocycles. The highest BCUT2D eigenvalue weighted by atomic mass is 16.5. The summed E-state index contributed by atoms with van der Waals surface area (Å²) in [5.41, 5.74) is 7.08. The Hall–Kier alpha value is -1.75. The van der Waals surface area contributed by atoms with Crippen LogP contribution in [0.15, 0.2) is 29.3 Å². The lowest BCUT2D eigenvalue weighted by Crippen LogP contribution is -2.38. The van der Waals surface area contributed by atoms with Crippen molar-refractivity contribution in [3.8, 4) is 5.75 Å². The van der Waals surface area contributed by atoms with Gasteiger partial charge in [0.1, 0.15) is 5.75 Å². The van der Waals surface area contributed by atoms with Crippen molar-refractivity contribution >= 4 is 5.96 Å². The molecule has 0 radical (unpaired) electrons. The van der Waals surface area contributed by atoms with Crippen molar-refractivity contribution in [2.75, 3.05) is 33.4 Å². The molecule has 0 fully saturated rings. The number of nitrogens with zero attached hydrogens (tertiary/aromatic N) is 2. The molecule has 5 nitrogen and oxygen atoms in total. The molecule has 0 spiro atoms. The lowest BCUT2D eigenvalue weighted by Gasteiger charge is -2.27. The van der Waals surface area contributed by atoms with Crippen LogP contribution in [-0.4, -0.2) is 44.3 Å². The third-order valence-electron chi connectivity index (χ3n) is 3.21. The van der Waals surface area contributed by atoms with Crippen LogP contribution in [0.5, 0.6) is 5.75 Å². The minimum Gasteiger partial charge on any atom is -0.494 e. The number of guanidine groups is 1. The third-order valence-corrected chi connectivity index (χ3v) is 3.21. The number of ether oxygens (including phenoxy) is 2. The lowest BCUT2D eigenvalue weighted by atomic mass is 10.1. The van der Waals surface area contributed by atoms with Crippen molar-refractivity contribution in [1.82, 2.24) is 4.90 Å². The zero-order valence-electron chi connectivity index (χ0n) is 11.5. The monoisotopic (exact) mass is 263 g/mol. The molecule has 0 amide bonds. The van der Waals surface area contributed by atoms with Crippen LogP contribution in [0, 0.1) is 0 Å². The summed E-state index contributed by atoms with van der Waals surface area (Å²) in [5, 5.41) is 0. The predicted octanol–water partition coefficient (Wildman–Crippen LogP) is 1.40. The van der Waals surface area contributed by atoms with E-state index in [1.165, 1.54) is 0 Å². The summed E-state index contributed by atoms with van der Waals surface area (Å²) < 4.78 is 10.8. The molecule has 5 heteroatoms. The van der Waals surface area contributed by atoms with Gasteiger partial charge in [0.25, 0.3) is 0 Å². The van der Waals surface area contributed by atoms with E-state index in [-0.39, 0.29) is 6.04 Å². The third kappa shape index (κ3) is 2.98.